The Morgan fingerprint density at radius 3 is 2.90 bits per heavy atom. The summed E-state index contributed by atoms with van der Waals surface area (Å²) in [6.07, 6.45) is 1.21. The maximum atomic E-state index is 5.47. The van der Waals surface area contributed by atoms with Gasteiger partial charge in [-0.05, 0) is 50.2 Å². The van der Waals surface area contributed by atoms with Crippen molar-refractivity contribution in [1.29, 1.82) is 0 Å². The summed E-state index contributed by atoms with van der Waals surface area (Å²) in [7, 11) is 0. The fourth-order valence-electron chi connectivity index (χ4n) is 1.89. The summed E-state index contributed by atoms with van der Waals surface area (Å²) in [5, 5.41) is 6.99. The van der Waals surface area contributed by atoms with E-state index < -0.39 is 0 Å². The van der Waals surface area contributed by atoms with Gasteiger partial charge in [-0.3, -0.25) is 0 Å². The van der Waals surface area contributed by atoms with E-state index in [0.717, 1.165) is 36.6 Å². The van der Waals surface area contributed by atoms with Crippen LogP contribution in [0.1, 0.15) is 25.8 Å². The van der Waals surface area contributed by atoms with Crippen LogP contribution >= 0.6 is 12.2 Å². The molecular weight excluding hydrogens is 288 g/mol. The van der Waals surface area contributed by atoms with Crippen LogP contribution in [-0.2, 0) is 11.3 Å². The first-order valence-corrected chi connectivity index (χ1v) is 7.58. The van der Waals surface area contributed by atoms with E-state index in [1.54, 1.807) is 0 Å². The number of fused-ring (bicyclic) bond motifs is 1. The molecule has 2 N–H and O–H groups in total. The largest absolute Gasteiger partial charge is 0.454 e. The van der Waals surface area contributed by atoms with Crippen LogP contribution in [0, 0.1) is 0 Å². The molecule has 0 saturated heterocycles. The van der Waals surface area contributed by atoms with E-state index in [9.17, 15) is 0 Å². The van der Waals surface area contributed by atoms with Crippen molar-refractivity contribution in [3.05, 3.63) is 23.8 Å². The van der Waals surface area contributed by atoms with Crippen LogP contribution in [0.2, 0.25) is 0 Å². The Hall–Kier alpha value is -1.53. The van der Waals surface area contributed by atoms with Gasteiger partial charge < -0.3 is 24.8 Å². The Morgan fingerprint density at radius 1 is 1.29 bits per heavy atom. The highest BCUT2D eigenvalue weighted by molar-refractivity contribution is 7.80. The summed E-state index contributed by atoms with van der Waals surface area (Å²) in [6, 6.07) is 5.88. The lowest BCUT2D eigenvalue weighted by Gasteiger charge is -2.11. The van der Waals surface area contributed by atoms with E-state index >= 15 is 0 Å². The van der Waals surface area contributed by atoms with Crippen LogP contribution in [0.5, 0.6) is 11.5 Å². The van der Waals surface area contributed by atoms with Crippen molar-refractivity contribution in [3.63, 3.8) is 0 Å². The fraction of sp³-hybridized carbons (Fsp3) is 0.533. The molecule has 1 aliphatic rings. The Balaban J connectivity index is 1.62. The topological polar surface area (TPSA) is 51.8 Å². The smallest absolute Gasteiger partial charge is 0.231 e. The Kier molecular flexibility index (Phi) is 6.07. The molecule has 0 bridgehead atoms. The zero-order valence-electron chi connectivity index (χ0n) is 12.5. The van der Waals surface area contributed by atoms with Crippen LogP contribution in [0.3, 0.4) is 0 Å². The Labute approximate surface area is 131 Å². The molecule has 21 heavy (non-hydrogen) atoms. The second kappa shape index (κ2) is 8.05. The van der Waals surface area contributed by atoms with Crippen LogP contribution in [0.15, 0.2) is 18.2 Å². The zero-order valence-corrected chi connectivity index (χ0v) is 13.3. The van der Waals surface area contributed by atoms with Gasteiger partial charge in [0.1, 0.15) is 0 Å². The molecule has 0 aromatic heterocycles. The fourth-order valence-corrected chi connectivity index (χ4v) is 2.06. The summed E-state index contributed by atoms with van der Waals surface area (Å²) in [5.74, 6) is 1.59. The van der Waals surface area contributed by atoms with Gasteiger partial charge in [-0.2, -0.15) is 0 Å². The maximum absolute atomic E-state index is 5.47. The highest BCUT2D eigenvalue weighted by atomic mass is 32.1. The number of hydrogen-bond donors (Lipinski definition) is 2. The summed E-state index contributed by atoms with van der Waals surface area (Å²) in [5.41, 5.74) is 1.10. The molecule has 0 radical (unpaired) electrons. The average molecular weight is 310 g/mol. The second-order valence-electron chi connectivity index (χ2n) is 5.07. The molecule has 0 atom stereocenters. The van der Waals surface area contributed by atoms with E-state index in [1.807, 2.05) is 32.0 Å². The second-order valence-corrected chi connectivity index (χ2v) is 5.48. The first-order chi connectivity index (χ1) is 10.1. The molecule has 0 amide bonds. The Morgan fingerprint density at radius 2 is 2.10 bits per heavy atom. The Bertz CT molecular complexity index is 480. The van der Waals surface area contributed by atoms with Crippen LogP contribution in [-0.4, -0.2) is 31.2 Å². The van der Waals surface area contributed by atoms with Gasteiger partial charge in [-0.15, -0.1) is 0 Å². The molecule has 2 rings (SSSR count). The standard InChI is InChI=1S/C15H22N2O3S/c1-11(2)18-7-3-6-16-15(21)17-9-12-4-5-13-14(8-12)20-10-19-13/h4-5,8,11H,3,6-7,9-10H2,1-2H3,(H2,16,17,21). The summed E-state index contributed by atoms with van der Waals surface area (Å²) < 4.78 is 16.1. The van der Waals surface area contributed by atoms with Crippen molar-refractivity contribution >= 4 is 17.3 Å². The van der Waals surface area contributed by atoms with Crippen LogP contribution < -0.4 is 20.1 Å². The van der Waals surface area contributed by atoms with Crippen molar-refractivity contribution in [3.8, 4) is 11.5 Å². The predicted octanol–water partition coefficient (Wildman–Crippen LogP) is 2.19. The molecule has 1 aromatic carbocycles. The minimum atomic E-state index is 0.279. The van der Waals surface area contributed by atoms with Gasteiger partial charge in [-0.25, -0.2) is 0 Å². The lowest BCUT2D eigenvalue weighted by atomic mass is 10.2. The SMILES string of the molecule is CC(C)OCCCNC(=S)NCc1ccc2c(c1)OCO2. The third-order valence-electron chi connectivity index (χ3n) is 2.95. The molecular formula is C15H22N2O3S. The van der Waals surface area contributed by atoms with Gasteiger partial charge in [0.25, 0.3) is 0 Å². The number of ether oxygens (including phenoxy) is 3. The van der Waals surface area contributed by atoms with Gasteiger partial charge >= 0.3 is 0 Å². The third kappa shape index (κ3) is 5.40. The van der Waals surface area contributed by atoms with Gasteiger partial charge in [0.15, 0.2) is 16.6 Å². The summed E-state index contributed by atoms with van der Waals surface area (Å²) in [4.78, 5) is 0. The van der Waals surface area contributed by atoms with Gasteiger partial charge in [0, 0.05) is 19.7 Å². The number of thiocarbonyl (C=S) groups is 1. The molecule has 0 saturated carbocycles. The number of benzene rings is 1. The molecule has 116 valence electrons. The molecule has 6 heteroatoms. The molecule has 1 heterocycles. The maximum Gasteiger partial charge on any atom is 0.231 e. The minimum Gasteiger partial charge on any atom is -0.454 e. The van der Waals surface area contributed by atoms with E-state index in [1.165, 1.54) is 0 Å². The molecule has 1 aromatic rings. The van der Waals surface area contributed by atoms with Gasteiger partial charge in [0.05, 0.1) is 6.10 Å². The van der Waals surface area contributed by atoms with Crippen molar-refractivity contribution in [1.82, 2.24) is 10.6 Å². The van der Waals surface area contributed by atoms with E-state index in [2.05, 4.69) is 10.6 Å². The quantitative estimate of drug-likeness (QED) is 0.595. The predicted molar refractivity (Wildman–Crippen MR) is 85.7 cm³/mol. The minimum absolute atomic E-state index is 0.279. The highest BCUT2D eigenvalue weighted by Crippen LogP contribution is 2.32. The molecule has 0 spiro atoms. The lowest BCUT2D eigenvalue weighted by Crippen LogP contribution is -2.35. The molecule has 5 nitrogen and oxygen atoms in total. The van der Waals surface area contributed by atoms with E-state index in [-0.39, 0.29) is 6.10 Å². The number of nitrogens with one attached hydrogen (secondary N) is 2. The lowest BCUT2D eigenvalue weighted by molar-refractivity contribution is 0.0777. The third-order valence-corrected chi connectivity index (χ3v) is 3.24. The molecule has 0 fully saturated rings. The van der Waals surface area contributed by atoms with Crippen molar-refractivity contribution in [2.24, 2.45) is 0 Å². The molecule has 0 unspecified atom stereocenters. The number of hydrogen-bond acceptors (Lipinski definition) is 4. The molecule has 1 aliphatic heterocycles. The van der Waals surface area contributed by atoms with Crippen molar-refractivity contribution in [2.45, 2.75) is 32.9 Å². The first kappa shape index (κ1) is 15.9. The van der Waals surface area contributed by atoms with Gasteiger partial charge in [-0.1, -0.05) is 6.07 Å². The molecule has 0 aliphatic carbocycles. The van der Waals surface area contributed by atoms with Crippen molar-refractivity contribution < 1.29 is 14.2 Å². The normalized spacial score (nSPS) is 12.5. The van der Waals surface area contributed by atoms with Gasteiger partial charge in [0.2, 0.25) is 6.79 Å². The number of rotatable bonds is 7. The summed E-state index contributed by atoms with van der Waals surface area (Å²) >= 11 is 5.23. The monoisotopic (exact) mass is 310 g/mol. The first-order valence-electron chi connectivity index (χ1n) is 7.17. The van der Waals surface area contributed by atoms with Crippen LogP contribution in [0.25, 0.3) is 0 Å². The van der Waals surface area contributed by atoms with E-state index in [4.69, 9.17) is 26.4 Å². The van der Waals surface area contributed by atoms with Crippen molar-refractivity contribution in [2.75, 3.05) is 19.9 Å². The average Bonchev–Trinajstić information content (AvgIpc) is 2.92. The zero-order chi connectivity index (χ0) is 15.1. The highest BCUT2D eigenvalue weighted by Gasteiger charge is 2.12. The van der Waals surface area contributed by atoms with E-state index in [0.29, 0.717) is 18.5 Å². The van der Waals surface area contributed by atoms with Crippen LogP contribution in [0.4, 0.5) is 0 Å². The summed E-state index contributed by atoms with van der Waals surface area (Å²) in [6.45, 7) is 6.57.